The molecule has 3 aromatic heterocycles. The number of aromatic nitrogens is 4. The minimum Gasteiger partial charge on any atom is -0.351 e. The van der Waals surface area contributed by atoms with Crippen LogP contribution < -0.4 is 10.2 Å². The summed E-state index contributed by atoms with van der Waals surface area (Å²) in [5.41, 5.74) is 2.65. The predicted octanol–water partition coefficient (Wildman–Crippen LogP) is 3.58. The van der Waals surface area contributed by atoms with E-state index in [2.05, 4.69) is 40.3 Å². The molecule has 0 saturated heterocycles. The van der Waals surface area contributed by atoms with Crippen molar-refractivity contribution in [2.24, 2.45) is 13.0 Å². The summed E-state index contributed by atoms with van der Waals surface area (Å²) in [6, 6.07) is 0. The van der Waals surface area contributed by atoms with Crippen LogP contribution in [-0.2, 0) is 26.6 Å². The molecule has 0 spiro atoms. The molecular weight excluding hydrogens is 403 g/mol. The molecule has 0 amide bonds. The summed E-state index contributed by atoms with van der Waals surface area (Å²) in [7, 11) is 1.96. The number of nitrogens with one attached hydrogen (secondary N) is 1. The average Bonchev–Trinajstić information content (AvgIpc) is 3.16. The highest BCUT2D eigenvalue weighted by atomic mass is 35.5. The molecule has 0 radical (unpaired) electrons. The minimum atomic E-state index is 0. The first-order valence-corrected chi connectivity index (χ1v) is 9.62. The molecule has 0 atom stereocenters. The lowest BCUT2D eigenvalue weighted by molar-refractivity contribution is 0.605. The molecule has 9 heteroatoms. The number of aryl methyl sites for hydroxylation is 1. The fraction of sp³-hybridized carbons (Fsp3) is 0.500. The van der Waals surface area contributed by atoms with Crippen molar-refractivity contribution in [2.45, 2.75) is 33.4 Å². The Balaban J connectivity index is 0.00000131. The number of nitrogens with zero attached hydrogens (tertiary/aromatic N) is 5. The van der Waals surface area contributed by atoms with Gasteiger partial charge in [-0.05, 0) is 24.4 Å². The van der Waals surface area contributed by atoms with Gasteiger partial charge in [0.05, 0.1) is 11.6 Å². The van der Waals surface area contributed by atoms with Crippen molar-refractivity contribution in [1.82, 2.24) is 25.1 Å². The number of fused-ring (bicyclic) bond motifs is 3. The Bertz CT molecular complexity index is 891. The molecular formula is C18H26Cl2N6S. The number of anilines is 1. The molecule has 0 unspecified atom stereocenters. The van der Waals surface area contributed by atoms with Crippen molar-refractivity contribution in [3.05, 3.63) is 34.7 Å². The van der Waals surface area contributed by atoms with E-state index in [-0.39, 0.29) is 24.8 Å². The Morgan fingerprint density at radius 3 is 2.81 bits per heavy atom. The smallest absolute Gasteiger partial charge is 0.141 e. The lowest BCUT2D eigenvalue weighted by Gasteiger charge is -2.26. The first-order valence-electron chi connectivity index (χ1n) is 8.80. The Kier molecular flexibility index (Phi) is 7.45. The standard InChI is InChI=1S/C18H24N6S.2ClH/c1-12(2)8-24(10-13-6-22-23(3)9-13)17-16-14-4-5-19-7-15(14)25-18(16)21-11-20-17;;/h6,9,11-12,19H,4-5,7-8,10H2,1-3H3;2*1H. The van der Waals surface area contributed by atoms with Crippen molar-refractivity contribution in [3.63, 3.8) is 0 Å². The third-order valence-corrected chi connectivity index (χ3v) is 5.64. The SMILES string of the molecule is CC(C)CN(Cc1cnn(C)c1)c1ncnc2sc3c(c12)CCNC3.Cl.Cl. The molecule has 27 heavy (non-hydrogen) atoms. The lowest BCUT2D eigenvalue weighted by atomic mass is 10.1. The van der Waals surface area contributed by atoms with E-state index in [1.54, 1.807) is 17.7 Å². The molecule has 0 saturated carbocycles. The van der Waals surface area contributed by atoms with Crippen molar-refractivity contribution >= 4 is 52.2 Å². The number of thiophene rings is 1. The van der Waals surface area contributed by atoms with E-state index >= 15 is 0 Å². The summed E-state index contributed by atoms with van der Waals surface area (Å²) in [5.74, 6) is 1.62. The summed E-state index contributed by atoms with van der Waals surface area (Å²) in [4.78, 5) is 14.2. The molecule has 0 aromatic carbocycles. The second kappa shape index (κ2) is 9.19. The highest BCUT2D eigenvalue weighted by Crippen LogP contribution is 2.37. The summed E-state index contributed by atoms with van der Waals surface area (Å²) >= 11 is 1.80. The first kappa shape index (κ1) is 21.9. The zero-order valence-corrected chi connectivity index (χ0v) is 18.3. The van der Waals surface area contributed by atoms with Gasteiger partial charge in [0, 0.05) is 43.3 Å². The lowest BCUT2D eigenvalue weighted by Crippen LogP contribution is -2.28. The van der Waals surface area contributed by atoms with Crippen LogP contribution in [0.5, 0.6) is 0 Å². The fourth-order valence-corrected chi connectivity index (χ4v) is 4.67. The molecule has 6 nitrogen and oxygen atoms in total. The van der Waals surface area contributed by atoms with Crippen LogP contribution in [0.15, 0.2) is 18.7 Å². The Labute approximate surface area is 176 Å². The molecule has 1 N–H and O–H groups in total. The van der Waals surface area contributed by atoms with E-state index < -0.39 is 0 Å². The topological polar surface area (TPSA) is 58.9 Å². The van der Waals surface area contributed by atoms with E-state index in [4.69, 9.17) is 4.98 Å². The van der Waals surface area contributed by atoms with Crippen molar-refractivity contribution in [3.8, 4) is 0 Å². The van der Waals surface area contributed by atoms with E-state index in [0.717, 1.165) is 43.2 Å². The van der Waals surface area contributed by atoms with Gasteiger partial charge in [-0.3, -0.25) is 4.68 Å². The van der Waals surface area contributed by atoms with Gasteiger partial charge in [-0.25, -0.2) is 9.97 Å². The van der Waals surface area contributed by atoms with Gasteiger partial charge < -0.3 is 10.2 Å². The van der Waals surface area contributed by atoms with Crippen LogP contribution in [0.4, 0.5) is 5.82 Å². The molecule has 4 rings (SSSR count). The number of hydrogen-bond donors (Lipinski definition) is 1. The summed E-state index contributed by atoms with van der Waals surface area (Å²) in [5, 5.41) is 9.04. The quantitative estimate of drug-likeness (QED) is 0.672. The monoisotopic (exact) mass is 428 g/mol. The molecule has 0 aliphatic carbocycles. The van der Waals surface area contributed by atoms with Gasteiger partial charge in [0.1, 0.15) is 17.0 Å². The molecule has 4 heterocycles. The van der Waals surface area contributed by atoms with E-state index in [0.29, 0.717) is 5.92 Å². The highest BCUT2D eigenvalue weighted by Gasteiger charge is 2.23. The van der Waals surface area contributed by atoms with Gasteiger partial charge in [-0.15, -0.1) is 36.2 Å². The van der Waals surface area contributed by atoms with Crippen LogP contribution >= 0.6 is 36.2 Å². The van der Waals surface area contributed by atoms with Crippen LogP contribution in [0.1, 0.15) is 29.9 Å². The third kappa shape index (κ3) is 4.54. The van der Waals surface area contributed by atoms with Gasteiger partial charge in [0.15, 0.2) is 0 Å². The molecule has 1 aliphatic rings. The Hall–Kier alpha value is -1.41. The van der Waals surface area contributed by atoms with Crippen molar-refractivity contribution in [2.75, 3.05) is 18.0 Å². The van der Waals surface area contributed by atoms with Crippen LogP contribution in [0.2, 0.25) is 0 Å². The van der Waals surface area contributed by atoms with Gasteiger partial charge in [0.2, 0.25) is 0 Å². The number of hydrogen-bond acceptors (Lipinski definition) is 6. The fourth-order valence-electron chi connectivity index (χ4n) is 3.52. The predicted molar refractivity (Wildman–Crippen MR) is 116 cm³/mol. The molecule has 148 valence electrons. The molecule has 0 bridgehead atoms. The zero-order chi connectivity index (χ0) is 17.4. The second-order valence-corrected chi connectivity index (χ2v) is 8.19. The van der Waals surface area contributed by atoms with Gasteiger partial charge in [-0.2, -0.15) is 5.10 Å². The van der Waals surface area contributed by atoms with Crippen molar-refractivity contribution < 1.29 is 0 Å². The largest absolute Gasteiger partial charge is 0.351 e. The maximum Gasteiger partial charge on any atom is 0.141 e. The van der Waals surface area contributed by atoms with Crippen LogP contribution in [0.25, 0.3) is 10.2 Å². The van der Waals surface area contributed by atoms with Gasteiger partial charge >= 0.3 is 0 Å². The zero-order valence-electron chi connectivity index (χ0n) is 15.8. The normalized spacial score (nSPS) is 13.2. The Morgan fingerprint density at radius 1 is 1.30 bits per heavy atom. The summed E-state index contributed by atoms with van der Waals surface area (Å²) < 4.78 is 1.86. The number of rotatable bonds is 5. The summed E-state index contributed by atoms with van der Waals surface area (Å²) in [6.07, 6.45) is 6.79. The average molecular weight is 429 g/mol. The minimum absolute atomic E-state index is 0. The van der Waals surface area contributed by atoms with Crippen LogP contribution in [0.3, 0.4) is 0 Å². The van der Waals surface area contributed by atoms with Crippen LogP contribution in [0, 0.1) is 5.92 Å². The van der Waals surface area contributed by atoms with E-state index in [1.165, 1.54) is 21.4 Å². The Morgan fingerprint density at radius 2 is 2.11 bits per heavy atom. The van der Waals surface area contributed by atoms with Gasteiger partial charge in [0.25, 0.3) is 0 Å². The summed E-state index contributed by atoms with van der Waals surface area (Å²) in [6.45, 7) is 8.26. The van der Waals surface area contributed by atoms with E-state index in [9.17, 15) is 0 Å². The van der Waals surface area contributed by atoms with Crippen molar-refractivity contribution in [1.29, 1.82) is 0 Å². The van der Waals surface area contributed by atoms with E-state index in [1.807, 2.05) is 17.9 Å². The molecule has 0 fully saturated rings. The van der Waals surface area contributed by atoms with Crippen LogP contribution in [-0.4, -0.2) is 32.8 Å². The third-order valence-electron chi connectivity index (χ3n) is 4.50. The highest BCUT2D eigenvalue weighted by molar-refractivity contribution is 7.19. The number of halogens is 2. The molecule has 3 aromatic rings. The van der Waals surface area contributed by atoms with Gasteiger partial charge in [-0.1, -0.05) is 13.8 Å². The second-order valence-electron chi connectivity index (χ2n) is 7.10. The molecule has 1 aliphatic heterocycles. The first-order chi connectivity index (χ1) is 12.1. The maximum absolute atomic E-state index is 4.72. The maximum atomic E-state index is 4.72.